The second-order valence-corrected chi connectivity index (χ2v) is 9.82. The molecule has 0 saturated carbocycles. The molecule has 5 rings (SSSR count). The van der Waals surface area contributed by atoms with Gasteiger partial charge in [-0.3, -0.25) is 9.82 Å². The average Bonchev–Trinajstić information content (AvgIpc) is 3.47. The van der Waals surface area contributed by atoms with Gasteiger partial charge in [-0.15, -0.1) is 0 Å². The monoisotopic (exact) mass is 537 g/mol. The third-order valence-corrected chi connectivity index (χ3v) is 7.27. The highest BCUT2D eigenvalue weighted by atomic mass is 35.5. The Kier molecular flexibility index (Phi) is 5.70. The molecule has 0 aliphatic carbocycles. The highest BCUT2D eigenvalue weighted by Crippen LogP contribution is 2.37. The smallest absolute Gasteiger partial charge is 0.263 e. The number of rotatable bonds is 5. The molecule has 0 aliphatic heterocycles. The predicted octanol–water partition coefficient (Wildman–Crippen LogP) is 6.14. The number of H-pyrrole nitrogens is 2. The van der Waals surface area contributed by atoms with E-state index in [2.05, 4.69) is 20.2 Å². The molecule has 0 bridgehead atoms. The topological polar surface area (TPSA) is 104 Å². The van der Waals surface area contributed by atoms with E-state index in [4.69, 9.17) is 23.2 Å². The molecule has 0 spiro atoms. The van der Waals surface area contributed by atoms with E-state index in [1.54, 1.807) is 6.20 Å². The van der Waals surface area contributed by atoms with Crippen LogP contribution in [0.25, 0.3) is 33.5 Å². The zero-order valence-electron chi connectivity index (χ0n) is 17.2. The number of aromatic amines is 2. The minimum absolute atomic E-state index is 0.105. The molecule has 3 aromatic carbocycles. The summed E-state index contributed by atoms with van der Waals surface area (Å²) in [5.41, 5.74) is -1.59. The van der Waals surface area contributed by atoms with E-state index in [0.29, 0.717) is 16.9 Å². The fraction of sp³-hybridized carbons (Fsp3) is 0. The summed E-state index contributed by atoms with van der Waals surface area (Å²) in [4.78, 5) is 6.54. The van der Waals surface area contributed by atoms with Crippen LogP contribution in [0.15, 0.2) is 59.8 Å². The van der Waals surface area contributed by atoms with Crippen LogP contribution >= 0.6 is 23.2 Å². The van der Waals surface area contributed by atoms with E-state index in [9.17, 15) is 12.8 Å². The number of imidazole rings is 1. The average molecular weight is 538 g/mol. The molecule has 178 valence electrons. The van der Waals surface area contributed by atoms with E-state index in [0.717, 1.165) is 18.2 Å². The van der Waals surface area contributed by atoms with Crippen molar-refractivity contribution in [2.45, 2.75) is 4.90 Å². The van der Waals surface area contributed by atoms with Gasteiger partial charge in [-0.2, -0.15) is 5.10 Å². The first-order valence-corrected chi connectivity index (χ1v) is 12.0. The molecule has 2 heterocycles. The number of aromatic nitrogens is 4. The zero-order chi connectivity index (χ0) is 24.9. The van der Waals surface area contributed by atoms with Crippen molar-refractivity contribution in [2.24, 2.45) is 0 Å². The standard InChI is InChI=1S/C22H12Cl2F3N5O2S/c23-10-1-6-16(13(24)9-10)35(33,34)32-15-5-4-14(25)17(19(15)27)11-2-3-12-20(18(11)26)30-31-21(12)22-28-7-8-29-22/h1-9,32H,(H,28,29)(H,30,31). The van der Waals surface area contributed by atoms with Crippen LogP contribution in [0.5, 0.6) is 0 Å². The van der Waals surface area contributed by atoms with E-state index >= 15 is 8.78 Å². The van der Waals surface area contributed by atoms with Gasteiger partial charge >= 0.3 is 0 Å². The zero-order valence-corrected chi connectivity index (χ0v) is 19.5. The van der Waals surface area contributed by atoms with Crippen LogP contribution < -0.4 is 4.72 Å². The second kappa shape index (κ2) is 8.59. The highest BCUT2D eigenvalue weighted by molar-refractivity contribution is 7.92. The van der Waals surface area contributed by atoms with E-state index in [1.165, 1.54) is 30.5 Å². The van der Waals surface area contributed by atoms with Gasteiger partial charge in [-0.25, -0.2) is 26.6 Å². The number of nitrogens with one attached hydrogen (secondary N) is 3. The van der Waals surface area contributed by atoms with Gasteiger partial charge < -0.3 is 4.98 Å². The van der Waals surface area contributed by atoms with Gasteiger partial charge in [0.05, 0.1) is 16.3 Å². The molecule has 5 aromatic rings. The SMILES string of the molecule is O=S(=O)(Nc1ccc(F)c(-c2ccc3c(-c4ncc[nH]4)n[nH]c3c2F)c1F)c1ccc(Cl)cc1Cl. The van der Waals surface area contributed by atoms with Crippen molar-refractivity contribution in [1.29, 1.82) is 0 Å². The number of hydrogen-bond acceptors (Lipinski definition) is 4. The Morgan fingerprint density at radius 3 is 2.49 bits per heavy atom. The Labute approximate surface area is 206 Å². The fourth-order valence-corrected chi connectivity index (χ4v) is 5.43. The molecule has 0 amide bonds. The molecule has 7 nitrogen and oxygen atoms in total. The van der Waals surface area contributed by atoms with Gasteiger partial charge in [0.2, 0.25) is 0 Å². The lowest BCUT2D eigenvalue weighted by Gasteiger charge is -2.14. The summed E-state index contributed by atoms with van der Waals surface area (Å²) >= 11 is 11.8. The maximum atomic E-state index is 15.4. The number of fused-ring (bicyclic) bond motifs is 1. The summed E-state index contributed by atoms with van der Waals surface area (Å²) in [6.45, 7) is 0. The summed E-state index contributed by atoms with van der Waals surface area (Å²) in [5.74, 6) is -3.02. The minimum Gasteiger partial charge on any atom is -0.343 e. The number of anilines is 1. The third-order valence-electron chi connectivity index (χ3n) is 5.19. The van der Waals surface area contributed by atoms with Gasteiger partial charge in [-0.05, 0) is 36.4 Å². The number of halogens is 5. The summed E-state index contributed by atoms with van der Waals surface area (Å²) < 4.78 is 73.1. The van der Waals surface area contributed by atoms with Crippen molar-refractivity contribution < 1.29 is 21.6 Å². The molecular weight excluding hydrogens is 526 g/mol. The van der Waals surface area contributed by atoms with Crippen molar-refractivity contribution in [3.8, 4) is 22.6 Å². The first kappa shape index (κ1) is 23.2. The first-order valence-electron chi connectivity index (χ1n) is 9.80. The summed E-state index contributed by atoms with van der Waals surface area (Å²) in [5, 5.41) is 6.87. The summed E-state index contributed by atoms with van der Waals surface area (Å²) in [6, 6.07) is 7.95. The maximum absolute atomic E-state index is 15.4. The lowest BCUT2D eigenvalue weighted by Crippen LogP contribution is -2.15. The number of benzene rings is 3. The molecule has 2 aromatic heterocycles. The van der Waals surface area contributed by atoms with Gasteiger partial charge in [0.15, 0.2) is 17.5 Å². The molecule has 0 atom stereocenters. The van der Waals surface area contributed by atoms with Crippen LogP contribution in [-0.4, -0.2) is 28.6 Å². The van der Waals surface area contributed by atoms with Gasteiger partial charge in [0.25, 0.3) is 10.0 Å². The van der Waals surface area contributed by atoms with Gasteiger partial charge in [-0.1, -0.05) is 29.3 Å². The molecule has 35 heavy (non-hydrogen) atoms. The number of hydrogen-bond donors (Lipinski definition) is 3. The van der Waals surface area contributed by atoms with Crippen LogP contribution in [0.2, 0.25) is 10.0 Å². The van der Waals surface area contributed by atoms with Crippen molar-refractivity contribution in [2.75, 3.05) is 4.72 Å². The van der Waals surface area contributed by atoms with Crippen LogP contribution in [0, 0.1) is 17.5 Å². The molecule has 3 N–H and O–H groups in total. The molecule has 0 saturated heterocycles. The largest absolute Gasteiger partial charge is 0.343 e. The maximum Gasteiger partial charge on any atom is 0.263 e. The molecule has 0 fully saturated rings. The van der Waals surface area contributed by atoms with E-state index < -0.39 is 44.3 Å². The molecule has 13 heteroatoms. The molecule has 0 unspecified atom stereocenters. The second-order valence-electron chi connectivity index (χ2n) is 7.32. The van der Waals surface area contributed by atoms with E-state index in [-0.39, 0.29) is 20.5 Å². The normalized spacial score (nSPS) is 11.8. The third kappa shape index (κ3) is 4.01. The lowest BCUT2D eigenvalue weighted by molar-refractivity contribution is 0.583. The van der Waals surface area contributed by atoms with Crippen molar-refractivity contribution in [3.63, 3.8) is 0 Å². The van der Waals surface area contributed by atoms with Crippen LogP contribution in [0.3, 0.4) is 0 Å². The predicted molar refractivity (Wildman–Crippen MR) is 126 cm³/mol. The minimum atomic E-state index is -4.39. The van der Waals surface area contributed by atoms with Crippen molar-refractivity contribution in [1.82, 2.24) is 20.2 Å². The van der Waals surface area contributed by atoms with Crippen molar-refractivity contribution >= 4 is 49.8 Å². The fourth-order valence-electron chi connectivity index (χ4n) is 3.59. The Hall–Kier alpha value is -3.54. The number of nitrogens with zero attached hydrogens (tertiary/aromatic N) is 2. The quantitative estimate of drug-likeness (QED) is 0.250. The summed E-state index contributed by atoms with van der Waals surface area (Å²) in [6.07, 6.45) is 3.06. The van der Waals surface area contributed by atoms with Crippen LogP contribution in [-0.2, 0) is 10.0 Å². The molecule has 0 aliphatic rings. The van der Waals surface area contributed by atoms with Gasteiger partial charge in [0, 0.05) is 28.4 Å². The lowest BCUT2D eigenvalue weighted by atomic mass is 10.0. The Morgan fingerprint density at radius 2 is 1.77 bits per heavy atom. The summed E-state index contributed by atoms with van der Waals surface area (Å²) in [7, 11) is -4.39. The van der Waals surface area contributed by atoms with Gasteiger partial charge in [0.1, 0.15) is 21.9 Å². The van der Waals surface area contributed by atoms with E-state index in [1.807, 2.05) is 4.72 Å². The first-order chi connectivity index (χ1) is 16.7. The number of sulfonamides is 1. The van der Waals surface area contributed by atoms with Crippen LogP contribution in [0.4, 0.5) is 18.9 Å². The Morgan fingerprint density at radius 1 is 0.971 bits per heavy atom. The molecular formula is C22H12Cl2F3N5O2S. The Balaban J connectivity index is 1.60. The highest BCUT2D eigenvalue weighted by Gasteiger charge is 2.25. The Bertz CT molecular complexity index is 1710. The molecule has 0 radical (unpaired) electrons. The van der Waals surface area contributed by atoms with Crippen molar-refractivity contribution in [3.05, 3.63) is 82.4 Å². The van der Waals surface area contributed by atoms with Crippen LogP contribution in [0.1, 0.15) is 0 Å².